The average Bonchev–Trinajstić information content (AvgIpc) is 3.14. The zero-order valence-electron chi connectivity index (χ0n) is 15.3. The van der Waals surface area contributed by atoms with Crippen molar-refractivity contribution in [2.24, 2.45) is 0 Å². The van der Waals surface area contributed by atoms with Gasteiger partial charge in [-0.15, -0.1) is 0 Å². The highest BCUT2D eigenvalue weighted by Crippen LogP contribution is 2.24. The minimum absolute atomic E-state index is 0.0252. The molecule has 0 aliphatic carbocycles. The molecule has 28 heavy (non-hydrogen) atoms. The van der Waals surface area contributed by atoms with E-state index >= 15 is 0 Å². The van der Waals surface area contributed by atoms with E-state index in [1.165, 1.54) is 11.6 Å². The highest BCUT2D eigenvalue weighted by atomic mass is 32.1. The number of rotatable bonds is 4. The third-order valence-corrected chi connectivity index (χ3v) is 4.46. The lowest BCUT2D eigenvalue weighted by molar-refractivity contribution is 0.0698. The third-order valence-electron chi connectivity index (χ3n) is 4.25. The number of aromatic carboxylic acids is 1. The van der Waals surface area contributed by atoms with Crippen LogP contribution in [0.4, 0.5) is 5.69 Å². The minimum atomic E-state index is -1.10. The molecule has 7 heteroatoms. The fourth-order valence-corrected chi connectivity index (χ4v) is 2.81. The molecule has 0 unspecified atom stereocenters. The van der Waals surface area contributed by atoms with Crippen LogP contribution in [0.5, 0.6) is 0 Å². The lowest BCUT2D eigenvalue weighted by Gasteiger charge is -2.10. The van der Waals surface area contributed by atoms with Crippen molar-refractivity contribution in [2.45, 2.75) is 13.8 Å². The maximum absolute atomic E-state index is 12.4. The first-order chi connectivity index (χ1) is 13.3. The number of benzene rings is 2. The second-order valence-electron chi connectivity index (χ2n) is 6.22. The fraction of sp³-hybridized carbons (Fsp3) is 0.0952. The van der Waals surface area contributed by atoms with Crippen LogP contribution >= 0.6 is 12.2 Å². The Labute approximate surface area is 167 Å². The third kappa shape index (κ3) is 4.27. The van der Waals surface area contributed by atoms with Gasteiger partial charge in [-0.3, -0.25) is 10.1 Å². The van der Waals surface area contributed by atoms with Gasteiger partial charge in [-0.05, 0) is 67.5 Å². The molecule has 0 saturated heterocycles. The van der Waals surface area contributed by atoms with Crippen molar-refractivity contribution in [1.29, 1.82) is 0 Å². The lowest BCUT2D eigenvalue weighted by atomic mass is 10.1. The summed E-state index contributed by atoms with van der Waals surface area (Å²) in [5.41, 5.74) is 3.51. The standard InChI is InChI=1S/C21H18N2O4S/c1-12-7-8-14(11-13(12)2)17-9-10-18(27-17)19(24)23-21(28)22-16-6-4-3-5-15(16)20(25)26/h3-11H,1-2H3,(H,25,26)(H2,22,23,24,28). The first-order valence-electron chi connectivity index (χ1n) is 8.47. The molecule has 1 heterocycles. The van der Waals surface area contributed by atoms with Crippen LogP contribution in [0, 0.1) is 13.8 Å². The van der Waals surface area contributed by atoms with E-state index in [1.54, 1.807) is 30.3 Å². The Morgan fingerprint density at radius 2 is 1.75 bits per heavy atom. The summed E-state index contributed by atoms with van der Waals surface area (Å²) in [7, 11) is 0. The number of carboxylic acids is 1. The Balaban J connectivity index is 1.70. The number of carbonyl (C=O) groups is 2. The molecule has 142 valence electrons. The van der Waals surface area contributed by atoms with E-state index in [1.807, 2.05) is 32.0 Å². The van der Waals surface area contributed by atoms with Crippen molar-refractivity contribution < 1.29 is 19.1 Å². The molecule has 0 fully saturated rings. The first kappa shape index (κ1) is 19.3. The van der Waals surface area contributed by atoms with Crippen molar-refractivity contribution in [3.63, 3.8) is 0 Å². The summed E-state index contributed by atoms with van der Waals surface area (Å²) in [6, 6.07) is 15.5. The topological polar surface area (TPSA) is 91.6 Å². The summed E-state index contributed by atoms with van der Waals surface area (Å²) in [5, 5.41) is 14.4. The molecule has 0 radical (unpaired) electrons. The van der Waals surface area contributed by atoms with Crippen LogP contribution in [-0.4, -0.2) is 22.1 Å². The molecular formula is C21H18N2O4S. The van der Waals surface area contributed by atoms with Gasteiger partial charge in [0.1, 0.15) is 5.76 Å². The van der Waals surface area contributed by atoms with Gasteiger partial charge in [0.25, 0.3) is 5.91 Å². The van der Waals surface area contributed by atoms with Gasteiger partial charge in [0.2, 0.25) is 0 Å². The van der Waals surface area contributed by atoms with Crippen LogP contribution in [0.1, 0.15) is 32.0 Å². The Bertz CT molecular complexity index is 1070. The number of aryl methyl sites for hydroxylation is 2. The van der Waals surface area contributed by atoms with Gasteiger partial charge in [0, 0.05) is 5.56 Å². The van der Waals surface area contributed by atoms with E-state index in [-0.39, 0.29) is 22.1 Å². The van der Waals surface area contributed by atoms with Gasteiger partial charge in [-0.2, -0.15) is 0 Å². The quantitative estimate of drug-likeness (QED) is 0.569. The molecule has 3 rings (SSSR count). The number of amides is 1. The summed E-state index contributed by atoms with van der Waals surface area (Å²) in [6.45, 7) is 4.03. The Morgan fingerprint density at radius 1 is 1.00 bits per heavy atom. The molecule has 6 nitrogen and oxygen atoms in total. The number of hydrogen-bond donors (Lipinski definition) is 3. The van der Waals surface area contributed by atoms with Crippen LogP contribution in [0.25, 0.3) is 11.3 Å². The predicted octanol–water partition coefficient (Wildman–Crippen LogP) is 4.39. The molecule has 0 bridgehead atoms. The molecule has 0 aliphatic heterocycles. The summed E-state index contributed by atoms with van der Waals surface area (Å²) >= 11 is 5.11. The molecule has 0 spiro atoms. The van der Waals surface area contributed by atoms with Gasteiger partial charge in [-0.25, -0.2) is 4.79 Å². The highest BCUT2D eigenvalue weighted by Gasteiger charge is 2.15. The molecule has 2 aromatic carbocycles. The maximum atomic E-state index is 12.4. The van der Waals surface area contributed by atoms with Crippen molar-refractivity contribution in [1.82, 2.24) is 5.32 Å². The van der Waals surface area contributed by atoms with Crippen molar-refractivity contribution in [3.8, 4) is 11.3 Å². The number of anilines is 1. The zero-order valence-corrected chi connectivity index (χ0v) is 16.1. The van der Waals surface area contributed by atoms with Crippen LogP contribution in [0.15, 0.2) is 59.0 Å². The predicted molar refractivity (Wildman–Crippen MR) is 111 cm³/mol. The SMILES string of the molecule is Cc1ccc(-c2ccc(C(=O)NC(=S)Nc3ccccc3C(=O)O)o2)cc1C. The normalized spacial score (nSPS) is 10.4. The Kier molecular flexibility index (Phi) is 5.56. The number of thiocarbonyl (C=S) groups is 1. The number of carbonyl (C=O) groups excluding carboxylic acids is 1. The van der Waals surface area contributed by atoms with Crippen LogP contribution in [0.3, 0.4) is 0 Å². The van der Waals surface area contributed by atoms with Crippen LogP contribution in [-0.2, 0) is 0 Å². The van der Waals surface area contributed by atoms with Crippen molar-refractivity contribution in [3.05, 3.63) is 77.0 Å². The number of furan rings is 1. The fourth-order valence-electron chi connectivity index (χ4n) is 2.61. The van der Waals surface area contributed by atoms with Gasteiger partial charge in [0.15, 0.2) is 10.9 Å². The first-order valence-corrected chi connectivity index (χ1v) is 8.88. The van der Waals surface area contributed by atoms with E-state index in [9.17, 15) is 14.7 Å². The summed E-state index contributed by atoms with van der Waals surface area (Å²) in [5.74, 6) is -0.950. The molecule has 3 aromatic rings. The van der Waals surface area contributed by atoms with Gasteiger partial charge in [-0.1, -0.05) is 24.3 Å². The van der Waals surface area contributed by atoms with E-state index in [0.717, 1.165) is 11.1 Å². The molecule has 0 saturated carbocycles. The average molecular weight is 394 g/mol. The lowest BCUT2D eigenvalue weighted by Crippen LogP contribution is -2.34. The summed E-state index contributed by atoms with van der Waals surface area (Å²) < 4.78 is 5.65. The molecule has 1 amide bonds. The minimum Gasteiger partial charge on any atom is -0.478 e. The van der Waals surface area contributed by atoms with Crippen molar-refractivity contribution in [2.75, 3.05) is 5.32 Å². The van der Waals surface area contributed by atoms with E-state index in [4.69, 9.17) is 16.6 Å². The monoisotopic (exact) mass is 394 g/mol. The smallest absolute Gasteiger partial charge is 0.337 e. The van der Waals surface area contributed by atoms with Gasteiger partial charge < -0.3 is 14.8 Å². The number of nitrogens with one attached hydrogen (secondary N) is 2. The number of carboxylic acid groups (broad SMARTS) is 1. The highest BCUT2D eigenvalue weighted by molar-refractivity contribution is 7.80. The second kappa shape index (κ2) is 8.06. The van der Waals surface area contributed by atoms with Gasteiger partial charge >= 0.3 is 5.97 Å². The van der Waals surface area contributed by atoms with E-state index in [2.05, 4.69) is 10.6 Å². The Hall–Kier alpha value is -3.45. The molecule has 0 aliphatic rings. The van der Waals surface area contributed by atoms with Gasteiger partial charge in [0.05, 0.1) is 11.3 Å². The Morgan fingerprint density at radius 3 is 2.46 bits per heavy atom. The van der Waals surface area contributed by atoms with E-state index < -0.39 is 11.9 Å². The molecule has 3 N–H and O–H groups in total. The largest absolute Gasteiger partial charge is 0.478 e. The van der Waals surface area contributed by atoms with Crippen LogP contribution < -0.4 is 10.6 Å². The zero-order chi connectivity index (χ0) is 20.3. The summed E-state index contributed by atoms with van der Waals surface area (Å²) in [4.78, 5) is 23.6. The molecule has 0 atom stereocenters. The maximum Gasteiger partial charge on any atom is 0.337 e. The molecule has 1 aromatic heterocycles. The second-order valence-corrected chi connectivity index (χ2v) is 6.63. The van der Waals surface area contributed by atoms with Crippen molar-refractivity contribution >= 4 is 34.9 Å². The molecular weight excluding hydrogens is 376 g/mol. The summed E-state index contributed by atoms with van der Waals surface area (Å²) in [6.07, 6.45) is 0. The number of para-hydroxylation sites is 1. The van der Waals surface area contributed by atoms with Crippen LogP contribution in [0.2, 0.25) is 0 Å². The van der Waals surface area contributed by atoms with E-state index in [0.29, 0.717) is 5.76 Å². The number of hydrogen-bond acceptors (Lipinski definition) is 4.